The number of rotatable bonds is 5. The van der Waals surface area contributed by atoms with Gasteiger partial charge in [-0.25, -0.2) is 4.98 Å². The summed E-state index contributed by atoms with van der Waals surface area (Å²) in [5, 5.41) is 22.9. The molecule has 1 fully saturated rings. The molecule has 0 aromatic carbocycles. The van der Waals surface area contributed by atoms with E-state index in [0.29, 0.717) is 0 Å². The summed E-state index contributed by atoms with van der Waals surface area (Å²) in [5.41, 5.74) is 0.0340. The molecule has 1 aromatic heterocycles. The Morgan fingerprint density at radius 2 is 2.30 bits per heavy atom. The van der Waals surface area contributed by atoms with E-state index in [-0.39, 0.29) is 23.1 Å². The third-order valence-corrected chi connectivity index (χ3v) is 3.31. The maximum Gasteiger partial charge on any atom is 0.312 e. The third kappa shape index (κ3) is 3.42. The summed E-state index contributed by atoms with van der Waals surface area (Å²) in [6.45, 7) is 4.96. The lowest BCUT2D eigenvalue weighted by molar-refractivity contribution is -0.384. The van der Waals surface area contributed by atoms with Crippen molar-refractivity contribution in [1.29, 1.82) is 5.26 Å². The minimum Gasteiger partial charge on any atom is -0.361 e. The fraction of sp³-hybridized carbons (Fsp3) is 0.538. The van der Waals surface area contributed by atoms with Gasteiger partial charge in [0.15, 0.2) is 0 Å². The van der Waals surface area contributed by atoms with E-state index in [1.165, 1.54) is 25.1 Å². The normalized spacial score (nSPS) is 16.6. The molecule has 0 bridgehead atoms. The van der Waals surface area contributed by atoms with Crippen LogP contribution in [-0.4, -0.2) is 40.5 Å². The molecule has 1 aliphatic rings. The molecular weight excluding hydrogens is 258 g/mol. The van der Waals surface area contributed by atoms with E-state index in [0.717, 1.165) is 19.6 Å². The first kappa shape index (κ1) is 14.2. The van der Waals surface area contributed by atoms with Crippen molar-refractivity contribution in [2.24, 2.45) is 0 Å². The fourth-order valence-electron chi connectivity index (χ4n) is 2.40. The minimum atomic E-state index is -0.515. The highest BCUT2D eigenvalue weighted by Crippen LogP contribution is 2.23. The third-order valence-electron chi connectivity index (χ3n) is 3.31. The smallest absolute Gasteiger partial charge is 0.312 e. The Kier molecular flexibility index (Phi) is 4.48. The molecule has 0 radical (unpaired) electrons. The van der Waals surface area contributed by atoms with Crippen molar-refractivity contribution in [1.82, 2.24) is 9.88 Å². The summed E-state index contributed by atoms with van der Waals surface area (Å²) >= 11 is 0. The van der Waals surface area contributed by atoms with Crippen molar-refractivity contribution in [2.75, 3.05) is 25.0 Å². The first-order valence-electron chi connectivity index (χ1n) is 6.63. The molecule has 1 atom stereocenters. The zero-order chi connectivity index (χ0) is 14.5. The van der Waals surface area contributed by atoms with Crippen LogP contribution in [0, 0.1) is 21.4 Å². The molecular formula is C13H17N5O2. The van der Waals surface area contributed by atoms with Crippen LogP contribution in [0.4, 0.5) is 11.5 Å². The summed E-state index contributed by atoms with van der Waals surface area (Å²) in [4.78, 5) is 16.8. The molecule has 1 unspecified atom stereocenters. The molecule has 1 aromatic rings. The Labute approximate surface area is 117 Å². The Hall–Kier alpha value is -2.20. The van der Waals surface area contributed by atoms with E-state index in [1.807, 2.05) is 13.0 Å². The average Bonchev–Trinajstić information content (AvgIpc) is 2.91. The van der Waals surface area contributed by atoms with E-state index in [1.54, 1.807) is 0 Å². The first-order valence-corrected chi connectivity index (χ1v) is 6.63. The summed E-state index contributed by atoms with van der Waals surface area (Å²) in [6.07, 6.45) is 3.77. The van der Waals surface area contributed by atoms with Crippen LogP contribution in [0.5, 0.6) is 0 Å². The number of nitro groups is 1. The molecule has 20 heavy (non-hydrogen) atoms. The zero-order valence-corrected chi connectivity index (χ0v) is 11.4. The molecule has 2 rings (SSSR count). The van der Waals surface area contributed by atoms with E-state index in [9.17, 15) is 10.1 Å². The van der Waals surface area contributed by atoms with Gasteiger partial charge in [0.1, 0.15) is 6.07 Å². The van der Waals surface area contributed by atoms with Crippen LogP contribution < -0.4 is 5.32 Å². The van der Waals surface area contributed by atoms with Gasteiger partial charge in [0, 0.05) is 24.8 Å². The van der Waals surface area contributed by atoms with E-state index >= 15 is 0 Å². The average molecular weight is 275 g/mol. The quantitative estimate of drug-likeness (QED) is 0.649. The molecule has 0 saturated carbocycles. The van der Waals surface area contributed by atoms with Crippen LogP contribution in [0.2, 0.25) is 0 Å². The van der Waals surface area contributed by atoms with Gasteiger partial charge < -0.3 is 10.2 Å². The van der Waals surface area contributed by atoms with Crippen LogP contribution in [0.1, 0.15) is 25.3 Å². The molecule has 1 aliphatic heterocycles. The van der Waals surface area contributed by atoms with Gasteiger partial charge in [0.25, 0.3) is 0 Å². The van der Waals surface area contributed by atoms with Gasteiger partial charge in [-0.2, -0.15) is 5.26 Å². The predicted octanol–water partition coefficient (Wildman–Crippen LogP) is 1.76. The molecule has 2 heterocycles. The number of anilines is 1. The molecule has 0 amide bonds. The summed E-state index contributed by atoms with van der Waals surface area (Å²) < 4.78 is 0. The van der Waals surface area contributed by atoms with Gasteiger partial charge in [-0.15, -0.1) is 0 Å². The van der Waals surface area contributed by atoms with Gasteiger partial charge in [0.05, 0.1) is 10.5 Å². The molecule has 1 saturated heterocycles. The highest BCUT2D eigenvalue weighted by molar-refractivity contribution is 5.58. The lowest BCUT2D eigenvalue weighted by Crippen LogP contribution is -2.33. The van der Waals surface area contributed by atoms with Gasteiger partial charge in [-0.05, 0) is 32.9 Å². The summed E-state index contributed by atoms with van der Waals surface area (Å²) in [7, 11) is 0. The van der Waals surface area contributed by atoms with E-state index in [2.05, 4.69) is 15.2 Å². The van der Waals surface area contributed by atoms with Gasteiger partial charge in [-0.1, -0.05) is 0 Å². The number of hydrogen-bond acceptors (Lipinski definition) is 6. The van der Waals surface area contributed by atoms with Crippen LogP contribution in [0.3, 0.4) is 0 Å². The van der Waals surface area contributed by atoms with Gasteiger partial charge in [-0.3, -0.25) is 10.1 Å². The number of aromatic nitrogens is 1. The predicted molar refractivity (Wildman–Crippen MR) is 74.4 cm³/mol. The minimum absolute atomic E-state index is 0.0623. The van der Waals surface area contributed by atoms with Crippen molar-refractivity contribution in [3.8, 4) is 6.07 Å². The Morgan fingerprint density at radius 1 is 1.60 bits per heavy atom. The summed E-state index contributed by atoms with van der Waals surface area (Å²) in [5.74, 6) is 0.223. The Balaban J connectivity index is 2.07. The number of nitrogens with zero attached hydrogens (tertiary/aromatic N) is 4. The maximum atomic E-state index is 11.0. The summed E-state index contributed by atoms with van der Waals surface area (Å²) in [6, 6.07) is 3.17. The van der Waals surface area contributed by atoms with Crippen LogP contribution in [0.15, 0.2) is 12.3 Å². The monoisotopic (exact) mass is 275 g/mol. The number of hydrogen-bond donors (Lipinski definition) is 1. The topological polar surface area (TPSA) is 95.1 Å². The second-order valence-electron chi connectivity index (χ2n) is 5.01. The van der Waals surface area contributed by atoms with Crippen molar-refractivity contribution in [3.05, 3.63) is 27.9 Å². The van der Waals surface area contributed by atoms with Crippen LogP contribution in [0.25, 0.3) is 0 Å². The fourth-order valence-corrected chi connectivity index (χ4v) is 2.40. The van der Waals surface area contributed by atoms with Crippen molar-refractivity contribution in [2.45, 2.75) is 25.8 Å². The number of nitrogens with one attached hydrogen (secondary N) is 1. The SMILES string of the molecule is CC(CN1CCCC1)Nc1ncc(C#N)cc1[N+](=O)[O-]. The number of nitriles is 1. The molecule has 7 heteroatoms. The number of likely N-dealkylation sites (tertiary alicyclic amines) is 1. The second kappa shape index (κ2) is 6.30. The molecule has 7 nitrogen and oxygen atoms in total. The van der Waals surface area contributed by atoms with Crippen LogP contribution in [-0.2, 0) is 0 Å². The Bertz CT molecular complexity index is 534. The second-order valence-corrected chi connectivity index (χ2v) is 5.01. The number of pyridine rings is 1. The maximum absolute atomic E-state index is 11.0. The largest absolute Gasteiger partial charge is 0.361 e. The highest BCUT2D eigenvalue weighted by Gasteiger charge is 2.20. The molecule has 0 spiro atoms. The molecule has 0 aliphatic carbocycles. The first-order chi connectivity index (χ1) is 9.60. The Morgan fingerprint density at radius 3 is 2.90 bits per heavy atom. The lowest BCUT2D eigenvalue weighted by atomic mass is 10.2. The van der Waals surface area contributed by atoms with E-state index in [4.69, 9.17) is 5.26 Å². The van der Waals surface area contributed by atoms with Gasteiger partial charge in [0.2, 0.25) is 5.82 Å². The lowest BCUT2D eigenvalue weighted by Gasteiger charge is -2.21. The highest BCUT2D eigenvalue weighted by atomic mass is 16.6. The van der Waals surface area contributed by atoms with Crippen molar-refractivity contribution in [3.63, 3.8) is 0 Å². The van der Waals surface area contributed by atoms with Gasteiger partial charge >= 0.3 is 5.69 Å². The standard InChI is InChI=1S/C13H17N5O2/c1-10(9-17-4-2-3-5-17)16-13-12(18(19)20)6-11(7-14)8-15-13/h6,8,10H,2-5,9H2,1H3,(H,15,16). The zero-order valence-electron chi connectivity index (χ0n) is 11.4. The van der Waals surface area contributed by atoms with Crippen LogP contribution >= 0.6 is 0 Å². The van der Waals surface area contributed by atoms with Crippen molar-refractivity contribution < 1.29 is 4.92 Å². The van der Waals surface area contributed by atoms with E-state index < -0.39 is 4.92 Å². The molecule has 1 N–H and O–H groups in total. The van der Waals surface area contributed by atoms with Crippen molar-refractivity contribution >= 4 is 11.5 Å². The molecule has 106 valence electrons.